The second-order valence-corrected chi connectivity index (χ2v) is 7.61. The van der Waals surface area contributed by atoms with E-state index >= 15 is 0 Å². The Hall–Kier alpha value is -3.19. The Morgan fingerprint density at radius 3 is 2.62 bits per heavy atom. The average molecular weight is 416 g/mol. The van der Waals surface area contributed by atoms with Crippen molar-refractivity contribution in [3.05, 3.63) is 73.8 Å². The summed E-state index contributed by atoms with van der Waals surface area (Å²) in [5.74, 6) is -0.883. The highest BCUT2D eigenvalue weighted by molar-refractivity contribution is 6.32. The lowest BCUT2D eigenvalue weighted by Gasteiger charge is -2.23. The molecule has 0 amide bonds. The molecule has 29 heavy (non-hydrogen) atoms. The quantitative estimate of drug-likeness (QED) is 0.430. The number of hydrogen-bond donors (Lipinski definition) is 1. The first kappa shape index (κ1) is 20.5. The van der Waals surface area contributed by atoms with Crippen LogP contribution in [0.2, 0.25) is 5.02 Å². The Balaban J connectivity index is 1.88. The number of aliphatic carboxylic acids is 1. The molecule has 0 aromatic heterocycles. The van der Waals surface area contributed by atoms with Gasteiger partial charge in [0.1, 0.15) is 10.8 Å². The number of carboxylic acids is 1. The molecule has 0 bridgehead atoms. The molecule has 0 radical (unpaired) electrons. The molecule has 0 spiro atoms. The van der Waals surface area contributed by atoms with Crippen LogP contribution in [-0.4, -0.2) is 27.4 Å². The number of nitro benzene ring substituents is 1. The Morgan fingerprint density at radius 2 is 1.97 bits per heavy atom. The second kappa shape index (κ2) is 7.67. The van der Waals surface area contributed by atoms with Crippen LogP contribution in [0.25, 0.3) is 6.08 Å². The van der Waals surface area contributed by atoms with Gasteiger partial charge in [-0.3, -0.25) is 14.9 Å². The first-order valence-corrected chi connectivity index (χ1v) is 9.21. The summed E-state index contributed by atoms with van der Waals surface area (Å²) in [5, 5.41) is 20.3. The molecule has 1 aliphatic rings. The lowest BCUT2D eigenvalue weighted by Crippen LogP contribution is -2.37. The van der Waals surface area contributed by atoms with E-state index in [1.54, 1.807) is 30.3 Å². The van der Waals surface area contributed by atoms with Gasteiger partial charge in [-0.05, 0) is 68.2 Å². The molecule has 8 heteroatoms. The van der Waals surface area contributed by atoms with Gasteiger partial charge in [-0.1, -0.05) is 17.7 Å². The third-order valence-electron chi connectivity index (χ3n) is 4.67. The van der Waals surface area contributed by atoms with Crippen molar-refractivity contribution in [2.75, 3.05) is 0 Å². The second-order valence-electron chi connectivity index (χ2n) is 7.20. The highest BCUT2D eigenvalue weighted by Gasteiger charge is 2.30. The number of Topliss-reactive ketones (excluding diaryl/α,β-unsaturated/α-hetero) is 1. The van der Waals surface area contributed by atoms with Crippen molar-refractivity contribution in [2.24, 2.45) is 0 Å². The fourth-order valence-electron chi connectivity index (χ4n) is 3.05. The van der Waals surface area contributed by atoms with Gasteiger partial charge in [-0.25, -0.2) is 4.79 Å². The van der Waals surface area contributed by atoms with Crippen molar-refractivity contribution in [2.45, 2.75) is 32.3 Å². The van der Waals surface area contributed by atoms with Gasteiger partial charge in [0.2, 0.25) is 0 Å². The average Bonchev–Trinajstić information content (AvgIpc) is 2.64. The Labute approximate surface area is 171 Å². The van der Waals surface area contributed by atoms with E-state index in [1.807, 2.05) is 0 Å². The maximum atomic E-state index is 12.8. The molecule has 0 heterocycles. The first-order chi connectivity index (χ1) is 13.6. The zero-order valence-electron chi connectivity index (χ0n) is 15.8. The van der Waals surface area contributed by atoms with Crippen LogP contribution in [0.5, 0.6) is 5.75 Å². The van der Waals surface area contributed by atoms with Gasteiger partial charge in [0.15, 0.2) is 11.4 Å². The third-order valence-corrected chi connectivity index (χ3v) is 4.99. The van der Waals surface area contributed by atoms with Crippen molar-refractivity contribution in [3.8, 4) is 5.75 Å². The minimum Gasteiger partial charge on any atom is -0.478 e. The van der Waals surface area contributed by atoms with Gasteiger partial charge in [0.25, 0.3) is 5.69 Å². The zero-order valence-corrected chi connectivity index (χ0v) is 16.5. The van der Waals surface area contributed by atoms with E-state index in [1.165, 1.54) is 26.0 Å². The number of nitro groups is 1. The lowest BCUT2D eigenvalue weighted by atomic mass is 9.86. The number of rotatable bonds is 5. The highest BCUT2D eigenvalue weighted by atomic mass is 35.5. The predicted octanol–water partition coefficient (Wildman–Crippen LogP) is 4.70. The molecule has 0 atom stereocenters. The molecule has 2 aromatic rings. The highest BCUT2D eigenvalue weighted by Crippen LogP contribution is 2.32. The first-order valence-electron chi connectivity index (χ1n) is 8.83. The molecule has 7 nitrogen and oxygen atoms in total. The number of ether oxygens (including phenoxy) is 1. The molecule has 1 N–H and O–H groups in total. The number of carbonyl (C=O) groups excluding carboxylic acids is 1. The minimum atomic E-state index is -1.39. The van der Waals surface area contributed by atoms with Gasteiger partial charge in [0.05, 0.1) is 4.92 Å². The maximum Gasteiger partial charge on any atom is 0.347 e. The molecule has 1 aliphatic carbocycles. The predicted molar refractivity (Wildman–Crippen MR) is 108 cm³/mol. The minimum absolute atomic E-state index is 0.0364. The van der Waals surface area contributed by atoms with Gasteiger partial charge in [0, 0.05) is 17.2 Å². The summed E-state index contributed by atoms with van der Waals surface area (Å²) >= 11 is 5.83. The number of carbonyl (C=O) groups is 2. The van der Waals surface area contributed by atoms with Crippen molar-refractivity contribution >= 4 is 35.1 Å². The number of halogens is 1. The molecule has 0 fully saturated rings. The molecule has 0 unspecified atom stereocenters. The van der Waals surface area contributed by atoms with Crippen LogP contribution >= 0.6 is 11.6 Å². The van der Waals surface area contributed by atoms with Crippen LogP contribution in [-0.2, 0) is 11.2 Å². The topological polar surface area (TPSA) is 107 Å². The molecule has 150 valence electrons. The third kappa shape index (κ3) is 4.30. The summed E-state index contributed by atoms with van der Waals surface area (Å²) in [7, 11) is 0. The zero-order chi connectivity index (χ0) is 21.3. The fraction of sp³-hybridized carbons (Fsp3) is 0.238. The smallest absolute Gasteiger partial charge is 0.347 e. The summed E-state index contributed by atoms with van der Waals surface area (Å²) < 4.78 is 5.53. The monoisotopic (exact) mass is 415 g/mol. The lowest BCUT2D eigenvalue weighted by molar-refractivity contribution is -0.384. The standard InChI is InChI=1S/C21H18ClNO6/c1-21(2,20(25)26)29-15-6-7-16-13(11-15)4-5-14(19(16)24)9-12-3-8-17(22)18(10-12)23(27)28/h3,6-11H,4-5H2,1-2H3,(H,25,26). The van der Waals surface area contributed by atoms with Gasteiger partial charge < -0.3 is 9.84 Å². The molecular weight excluding hydrogens is 398 g/mol. The van der Waals surface area contributed by atoms with E-state index in [4.69, 9.17) is 16.3 Å². The number of benzene rings is 2. The molecule has 2 aromatic carbocycles. The Bertz CT molecular complexity index is 1060. The van der Waals surface area contributed by atoms with E-state index in [9.17, 15) is 24.8 Å². The number of ketones is 1. The van der Waals surface area contributed by atoms with Gasteiger partial charge in [-0.15, -0.1) is 0 Å². The SMILES string of the molecule is CC(C)(Oc1ccc2c(c1)CCC(=Cc1ccc(Cl)c([N+](=O)[O-])c1)C2=O)C(=O)O. The van der Waals surface area contributed by atoms with E-state index in [0.29, 0.717) is 35.3 Å². The van der Waals surface area contributed by atoms with Crippen LogP contribution in [0.3, 0.4) is 0 Å². The van der Waals surface area contributed by atoms with Crippen LogP contribution in [0.1, 0.15) is 41.8 Å². The molecule has 0 saturated heterocycles. The molecule has 3 rings (SSSR count). The van der Waals surface area contributed by atoms with E-state index in [-0.39, 0.29) is 16.5 Å². The van der Waals surface area contributed by atoms with Crippen LogP contribution in [0.4, 0.5) is 5.69 Å². The fourth-order valence-corrected chi connectivity index (χ4v) is 3.24. The largest absolute Gasteiger partial charge is 0.478 e. The van der Waals surface area contributed by atoms with Crippen molar-refractivity contribution in [1.29, 1.82) is 0 Å². The van der Waals surface area contributed by atoms with Crippen molar-refractivity contribution in [3.63, 3.8) is 0 Å². The van der Waals surface area contributed by atoms with Crippen molar-refractivity contribution < 1.29 is 24.4 Å². The van der Waals surface area contributed by atoms with Crippen molar-refractivity contribution in [1.82, 2.24) is 0 Å². The van der Waals surface area contributed by atoms with Crippen LogP contribution in [0.15, 0.2) is 42.0 Å². The van der Waals surface area contributed by atoms with E-state index in [2.05, 4.69) is 0 Å². The summed E-state index contributed by atoms with van der Waals surface area (Å²) in [6, 6.07) is 9.25. The summed E-state index contributed by atoms with van der Waals surface area (Å²) in [6.07, 6.45) is 2.65. The summed E-state index contributed by atoms with van der Waals surface area (Å²) in [4.78, 5) is 34.6. The van der Waals surface area contributed by atoms with E-state index < -0.39 is 16.5 Å². The number of hydrogen-bond acceptors (Lipinski definition) is 5. The summed E-state index contributed by atoms with van der Waals surface area (Å²) in [6.45, 7) is 2.90. The molecular formula is C21H18ClNO6. The van der Waals surface area contributed by atoms with Crippen LogP contribution < -0.4 is 4.74 Å². The number of fused-ring (bicyclic) bond motifs is 1. The molecule has 0 aliphatic heterocycles. The maximum absolute atomic E-state index is 12.8. The molecule has 0 saturated carbocycles. The number of nitrogens with zero attached hydrogens (tertiary/aromatic N) is 1. The van der Waals surface area contributed by atoms with Crippen LogP contribution in [0, 0.1) is 10.1 Å². The number of aryl methyl sites for hydroxylation is 1. The number of allylic oxidation sites excluding steroid dienone is 1. The van der Waals surface area contributed by atoms with Gasteiger partial charge >= 0.3 is 5.97 Å². The van der Waals surface area contributed by atoms with E-state index in [0.717, 1.165) is 5.56 Å². The Kier molecular flexibility index (Phi) is 5.44. The number of carboxylic acid groups (broad SMARTS) is 1. The normalized spacial score (nSPS) is 15.1. The Morgan fingerprint density at radius 1 is 1.24 bits per heavy atom. The van der Waals surface area contributed by atoms with Gasteiger partial charge in [-0.2, -0.15) is 0 Å². The summed E-state index contributed by atoms with van der Waals surface area (Å²) in [5.41, 5.74) is 0.734.